The zero-order chi connectivity index (χ0) is 24.5. The molecule has 0 amide bonds. The normalized spacial score (nSPS) is 18.6. The Labute approximate surface area is 199 Å². The smallest absolute Gasteiger partial charge is 0.270 e. The van der Waals surface area contributed by atoms with Crippen LogP contribution in [0.15, 0.2) is 42.6 Å². The van der Waals surface area contributed by atoms with Crippen LogP contribution in [0, 0.1) is 10.1 Å². The fraction of sp³-hybridized carbons (Fsp3) is 0.440. The van der Waals surface area contributed by atoms with Crippen molar-refractivity contribution in [3.05, 3.63) is 52.7 Å². The van der Waals surface area contributed by atoms with E-state index >= 15 is 0 Å². The van der Waals surface area contributed by atoms with E-state index in [0.717, 1.165) is 47.5 Å². The molecule has 0 radical (unpaired) electrons. The standard InChI is InChI=1S/C25H32N6O3/c1-5-29(24-22(7-6-11-26-24)28-25(2,3)4)18-10-12-30(20(15-18)16-32)23-14-17-13-19(31(33)34)8-9-21(17)27-23/h6-9,11,13-14,16,18,20,27-28H,5,10,12,15H2,1-4H3. The van der Waals surface area contributed by atoms with Gasteiger partial charge in [-0.15, -0.1) is 0 Å². The Balaban J connectivity index is 1.57. The molecule has 0 aliphatic carbocycles. The van der Waals surface area contributed by atoms with Crippen LogP contribution in [0.5, 0.6) is 0 Å². The first-order chi connectivity index (χ1) is 16.2. The molecule has 3 heterocycles. The molecule has 2 unspecified atom stereocenters. The maximum absolute atomic E-state index is 12.2. The Bertz CT molecular complexity index is 1180. The first kappa shape index (κ1) is 23.5. The minimum Gasteiger partial charge on any atom is -0.377 e. The van der Waals surface area contributed by atoms with Crippen LogP contribution >= 0.6 is 0 Å². The Morgan fingerprint density at radius 3 is 2.79 bits per heavy atom. The Kier molecular flexibility index (Phi) is 6.45. The van der Waals surface area contributed by atoms with Gasteiger partial charge in [0.25, 0.3) is 5.69 Å². The number of anilines is 3. The molecule has 9 nitrogen and oxygen atoms in total. The van der Waals surface area contributed by atoms with Crippen molar-refractivity contribution in [2.45, 2.75) is 58.2 Å². The van der Waals surface area contributed by atoms with E-state index < -0.39 is 4.92 Å². The quantitative estimate of drug-likeness (QED) is 0.295. The van der Waals surface area contributed by atoms with Gasteiger partial charge in [-0.1, -0.05) is 0 Å². The lowest BCUT2D eigenvalue weighted by atomic mass is 9.96. The van der Waals surface area contributed by atoms with Crippen molar-refractivity contribution in [1.82, 2.24) is 9.97 Å². The number of nitrogens with zero attached hydrogens (tertiary/aromatic N) is 4. The van der Waals surface area contributed by atoms with Gasteiger partial charge < -0.3 is 24.9 Å². The van der Waals surface area contributed by atoms with Gasteiger partial charge >= 0.3 is 0 Å². The third-order valence-corrected chi connectivity index (χ3v) is 6.23. The number of nitrogens with one attached hydrogen (secondary N) is 2. The number of piperidine rings is 1. The number of fused-ring (bicyclic) bond motifs is 1. The lowest BCUT2D eigenvalue weighted by Crippen LogP contribution is -2.51. The highest BCUT2D eigenvalue weighted by Crippen LogP contribution is 2.34. The summed E-state index contributed by atoms with van der Waals surface area (Å²) in [6.45, 7) is 9.95. The van der Waals surface area contributed by atoms with Gasteiger partial charge in [0.15, 0.2) is 5.82 Å². The van der Waals surface area contributed by atoms with E-state index in [1.54, 1.807) is 12.1 Å². The lowest BCUT2D eigenvalue weighted by Gasteiger charge is -2.43. The number of non-ortho nitro benzene ring substituents is 1. The molecule has 1 aliphatic rings. The highest BCUT2D eigenvalue weighted by atomic mass is 16.6. The molecule has 0 bridgehead atoms. The van der Waals surface area contributed by atoms with Crippen LogP contribution in [-0.4, -0.2) is 51.9 Å². The molecule has 2 aromatic heterocycles. The van der Waals surface area contributed by atoms with E-state index in [9.17, 15) is 14.9 Å². The van der Waals surface area contributed by atoms with E-state index in [2.05, 4.69) is 52.8 Å². The van der Waals surface area contributed by atoms with Gasteiger partial charge in [-0.2, -0.15) is 0 Å². The second-order valence-electron chi connectivity index (χ2n) is 9.79. The van der Waals surface area contributed by atoms with Crippen molar-refractivity contribution in [3.8, 4) is 0 Å². The van der Waals surface area contributed by atoms with Crippen LogP contribution < -0.4 is 15.1 Å². The molecule has 9 heteroatoms. The van der Waals surface area contributed by atoms with Crippen LogP contribution in [-0.2, 0) is 4.79 Å². The SMILES string of the molecule is CCN(c1ncccc1NC(C)(C)C)C1CCN(c2cc3cc([N+](=O)[O-])ccc3[nH]2)C(C=O)C1. The molecule has 4 rings (SSSR count). The Morgan fingerprint density at radius 1 is 1.32 bits per heavy atom. The molecule has 1 saturated heterocycles. The number of rotatable bonds is 7. The lowest BCUT2D eigenvalue weighted by molar-refractivity contribution is -0.384. The topological polar surface area (TPSA) is 107 Å². The second kappa shape index (κ2) is 9.32. The fourth-order valence-corrected chi connectivity index (χ4v) is 4.77. The van der Waals surface area contributed by atoms with Gasteiger partial charge in [0, 0.05) is 53.9 Å². The molecule has 0 saturated carbocycles. The average Bonchev–Trinajstić information content (AvgIpc) is 3.22. The number of carbonyl (C=O) groups excluding carboxylic acids is 1. The second-order valence-corrected chi connectivity index (χ2v) is 9.79. The summed E-state index contributed by atoms with van der Waals surface area (Å²) < 4.78 is 0. The van der Waals surface area contributed by atoms with E-state index in [1.165, 1.54) is 6.07 Å². The van der Waals surface area contributed by atoms with Gasteiger partial charge in [0.1, 0.15) is 12.1 Å². The molecule has 1 fully saturated rings. The maximum Gasteiger partial charge on any atom is 0.270 e. The molecular weight excluding hydrogens is 432 g/mol. The molecule has 0 spiro atoms. The molecule has 2 N–H and O–H groups in total. The van der Waals surface area contributed by atoms with Crippen molar-refractivity contribution in [2.24, 2.45) is 0 Å². The van der Waals surface area contributed by atoms with Crippen molar-refractivity contribution >= 4 is 40.2 Å². The number of aromatic amines is 1. The number of carbonyl (C=O) groups is 1. The largest absolute Gasteiger partial charge is 0.377 e. The van der Waals surface area contributed by atoms with Crippen LogP contribution in [0.1, 0.15) is 40.5 Å². The van der Waals surface area contributed by atoms with Gasteiger partial charge in [0.2, 0.25) is 0 Å². The Hall–Kier alpha value is -3.62. The zero-order valence-corrected chi connectivity index (χ0v) is 20.1. The summed E-state index contributed by atoms with van der Waals surface area (Å²) in [6.07, 6.45) is 4.33. The monoisotopic (exact) mass is 464 g/mol. The van der Waals surface area contributed by atoms with Crippen LogP contribution in [0.25, 0.3) is 10.9 Å². The van der Waals surface area contributed by atoms with E-state index in [1.807, 2.05) is 24.4 Å². The van der Waals surface area contributed by atoms with Crippen molar-refractivity contribution in [1.29, 1.82) is 0 Å². The number of hydrogen-bond acceptors (Lipinski definition) is 7. The van der Waals surface area contributed by atoms with Crippen LogP contribution in [0.4, 0.5) is 23.0 Å². The third kappa shape index (κ3) is 4.83. The summed E-state index contributed by atoms with van der Waals surface area (Å²) in [7, 11) is 0. The molecule has 1 aliphatic heterocycles. The van der Waals surface area contributed by atoms with E-state index in [-0.39, 0.29) is 23.3 Å². The predicted octanol–water partition coefficient (Wildman–Crippen LogP) is 4.74. The van der Waals surface area contributed by atoms with Gasteiger partial charge in [-0.25, -0.2) is 4.98 Å². The summed E-state index contributed by atoms with van der Waals surface area (Å²) in [5.41, 5.74) is 1.75. The summed E-state index contributed by atoms with van der Waals surface area (Å²) in [5.74, 6) is 1.71. The number of hydrogen-bond donors (Lipinski definition) is 2. The number of aromatic nitrogens is 2. The Morgan fingerprint density at radius 2 is 2.12 bits per heavy atom. The maximum atomic E-state index is 12.2. The zero-order valence-electron chi connectivity index (χ0n) is 20.1. The van der Waals surface area contributed by atoms with Gasteiger partial charge in [-0.3, -0.25) is 10.1 Å². The third-order valence-electron chi connectivity index (χ3n) is 6.23. The van der Waals surface area contributed by atoms with Crippen molar-refractivity contribution in [3.63, 3.8) is 0 Å². The number of nitro benzene ring substituents is 1. The van der Waals surface area contributed by atoms with Crippen molar-refractivity contribution < 1.29 is 9.72 Å². The minimum atomic E-state index is -0.397. The van der Waals surface area contributed by atoms with Gasteiger partial charge in [0.05, 0.1) is 16.7 Å². The number of pyridine rings is 1. The molecular formula is C25H32N6O3. The summed E-state index contributed by atoms with van der Waals surface area (Å²) >= 11 is 0. The summed E-state index contributed by atoms with van der Waals surface area (Å²) in [6, 6.07) is 10.5. The van der Waals surface area contributed by atoms with Crippen molar-refractivity contribution in [2.75, 3.05) is 28.2 Å². The molecule has 34 heavy (non-hydrogen) atoms. The summed E-state index contributed by atoms with van der Waals surface area (Å²) in [5, 5.41) is 15.4. The summed E-state index contributed by atoms with van der Waals surface area (Å²) in [4.78, 5) is 35.3. The highest BCUT2D eigenvalue weighted by molar-refractivity contribution is 5.86. The average molecular weight is 465 g/mol. The number of H-pyrrole nitrogens is 1. The highest BCUT2D eigenvalue weighted by Gasteiger charge is 2.33. The predicted molar refractivity (Wildman–Crippen MR) is 136 cm³/mol. The number of benzene rings is 1. The van der Waals surface area contributed by atoms with Gasteiger partial charge in [-0.05, 0) is 64.8 Å². The van der Waals surface area contributed by atoms with E-state index in [4.69, 9.17) is 0 Å². The fourth-order valence-electron chi connectivity index (χ4n) is 4.77. The van der Waals surface area contributed by atoms with Crippen LogP contribution in [0.2, 0.25) is 0 Å². The molecule has 1 aromatic carbocycles. The van der Waals surface area contributed by atoms with E-state index in [0.29, 0.717) is 13.0 Å². The van der Waals surface area contributed by atoms with Crippen LogP contribution in [0.3, 0.4) is 0 Å². The number of aldehydes is 1. The number of nitro groups is 1. The molecule has 3 aromatic rings. The molecule has 180 valence electrons. The first-order valence-corrected chi connectivity index (χ1v) is 11.7. The molecule has 2 atom stereocenters. The first-order valence-electron chi connectivity index (χ1n) is 11.7. The minimum absolute atomic E-state index is 0.0531.